The van der Waals surface area contributed by atoms with Crippen molar-refractivity contribution in [1.29, 1.82) is 0 Å². The fourth-order valence-electron chi connectivity index (χ4n) is 1.21. The number of carbonyl (C=O) groups excluding carboxylic acids is 1. The molecule has 19 heavy (non-hydrogen) atoms. The average Bonchev–Trinajstić information content (AvgIpc) is 2.33. The molecule has 1 unspecified atom stereocenters. The highest BCUT2D eigenvalue weighted by atomic mass is 127. The minimum absolute atomic E-state index is 0. The summed E-state index contributed by atoms with van der Waals surface area (Å²) in [4.78, 5) is 15.8. The van der Waals surface area contributed by atoms with Crippen LogP contribution in [0.3, 0.4) is 0 Å². The molecule has 0 aliphatic carbocycles. The molecule has 0 aromatic rings. The lowest BCUT2D eigenvalue weighted by Crippen LogP contribution is -2.42. The largest absolute Gasteiger partial charge is 0.357 e. The molecule has 0 spiro atoms. The van der Waals surface area contributed by atoms with Gasteiger partial charge in [0, 0.05) is 25.0 Å². The first-order valence-corrected chi connectivity index (χ1v) is 6.83. The quantitative estimate of drug-likeness (QED) is 0.271. The van der Waals surface area contributed by atoms with Crippen LogP contribution < -0.4 is 16.0 Å². The van der Waals surface area contributed by atoms with Gasteiger partial charge in [-0.05, 0) is 20.3 Å². The van der Waals surface area contributed by atoms with Crippen molar-refractivity contribution in [3.63, 3.8) is 0 Å². The number of aliphatic imine (C=N–C) groups is 1. The Kier molecular flexibility index (Phi) is 13.7. The number of amides is 1. The summed E-state index contributed by atoms with van der Waals surface area (Å²) >= 11 is 0. The number of rotatable bonds is 7. The molecule has 0 rings (SSSR count). The van der Waals surface area contributed by atoms with Crippen LogP contribution in [0.2, 0.25) is 0 Å². The van der Waals surface area contributed by atoms with Crippen LogP contribution in [0.5, 0.6) is 0 Å². The average molecular weight is 384 g/mol. The summed E-state index contributed by atoms with van der Waals surface area (Å²) in [6.45, 7) is 12.0. The third-order valence-electron chi connectivity index (χ3n) is 2.55. The maximum Gasteiger partial charge on any atom is 0.222 e. The molecule has 0 heterocycles. The summed E-state index contributed by atoms with van der Waals surface area (Å²) in [6, 6.07) is 0.396. The van der Waals surface area contributed by atoms with Gasteiger partial charge in [-0.3, -0.25) is 9.79 Å². The summed E-state index contributed by atoms with van der Waals surface area (Å²) in [5.74, 6) is 0.913. The van der Waals surface area contributed by atoms with Crippen LogP contribution in [0.15, 0.2) is 4.99 Å². The molecular formula is C13H29IN4O. The van der Waals surface area contributed by atoms with E-state index in [0.29, 0.717) is 19.1 Å². The van der Waals surface area contributed by atoms with Crippen molar-refractivity contribution < 1.29 is 4.79 Å². The normalized spacial score (nSPS) is 12.6. The standard InChI is InChI=1S/C13H28N4O.HI/c1-6-11(5)17-13(14-7-2)16-9-8-15-12(18)10(3)4;/h10-11H,6-9H2,1-5H3,(H,15,18)(H2,14,16,17);1H. The van der Waals surface area contributed by atoms with Crippen molar-refractivity contribution in [3.05, 3.63) is 0 Å². The SMILES string of the molecule is CCNC(=NCCNC(=O)C(C)C)NC(C)CC.I. The molecule has 114 valence electrons. The van der Waals surface area contributed by atoms with E-state index in [-0.39, 0.29) is 35.8 Å². The van der Waals surface area contributed by atoms with Crippen LogP contribution in [-0.4, -0.2) is 37.5 Å². The zero-order chi connectivity index (χ0) is 14.0. The molecule has 1 atom stereocenters. The first kappa shape index (κ1) is 20.8. The second-order valence-electron chi connectivity index (χ2n) is 4.66. The summed E-state index contributed by atoms with van der Waals surface area (Å²) in [5.41, 5.74) is 0. The van der Waals surface area contributed by atoms with Crippen LogP contribution in [-0.2, 0) is 4.79 Å². The zero-order valence-electron chi connectivity index (χ0n) is 12.7. The molecule has 0 radical (unpaired) electrons. The number of carbonyl (C=O) groups is 1. The van der Waals surface area contributed by atoms with E-state index in [4.69, 9.17) is 0 Å². The first-order valence-electron chi connectivity index (χ1n) is 6.83. The third kappa shape index (κ3) is 11.0. The van der Waals surface area contributed by atoms with E-state index in [1.54, 1.807) is 0 Å². The monoisotopic (exact) mass is 384 g/mol. The molecule has 0 aromatic carbocycles. The summed E-state index contributed by atoms with van der Waals surface area (Å²) in [6.07, 6.45) is 1.05. The van der Waals surface area contributed by atoms with Gasteiger partial charge in [-0.15, -0.1) is 24.0 Å². The van der Waals surface area contributed by atoms with E-state index in [2.05, 4.69) is 34.8 Å². The Bertz CT molecular complexity index is 269. The van der Waals surface area contributed by atoms with Gasteiger partial charge in [0.25, 0.3) is 0 Å². The number of halogens is 1. The molecule has 0 aliphatic rings. The predicted octanol–water partition coefficient (Wildman–Crippen LogP) is 1.73. The summed E-state index contributed by atoms with van der Waals surface area (Å²) in [5, 5.41) is 9.33. The lowest BCUT2D eigenvalue weighted by molar-refractivity contribution is -0.123. The topological polar surface area (TPSA) is 65.5 Å². The van der Waals surface area contributed by atoms with E-state index in [1.807, 2.05) is 20.8 Å². The van der Waals surface area contributed by atoms with Gasteiger partial charge in [-0.25, -0.2) is 0 Å². The van der Waals surface area contributed by atoms with Gasteiger partial charge >= 0.3 is 0 Å². The van der Waals surface area contributed by atoms with Gasteiger partial charge in [0.2, 0.25) is 5.91 Å². The van der Waals surface area contributed by atoms with Gasteiger partial charge < -0.3 is 16.0 Å². The van der Waals surface area contributed by atoms with Crippen molar-refractivity contribution in [1.82, 2.24) is 16.0 Å². The molecule has 0 saturated carbocycles. The third-order valence-corrected chi connectivity index (χ3v) is 2.55. The minimum Gasteiger partial charge on any atom is -0.357 e. The zero-order valence-corrected chi connectivity index (χ0v) is 15.1. The van der Waals surface area contributed by atoms with Crippen LogP contribution >= 0.6 is 24.0 Å². The first-order chi connectivity index (χ1) is 8.51. The highest BCUT2D eigenvalue weighted by molar-refractivity contribution is 14.0. The lowest BCUT2D eigenvalue weighted by Gasteiger charge is -2.16. The van der Waals surface area contributed by atoms with Crippen LogP contribution in [0, 0.1) is 5.92 Å². The van der Waals surface area contributed by atoms with Crippen LogP contribution in [0.1, 0.15) is 41.0 Å². The van der Waals surface area contributed by atoms with Crippen molar-refractivity contribution in [2.45, 2.75) is 47.1 Å². The van der Waals surface area contributed by atoms with E-state index in [0.717, 1.165) is 18.9 Å². The number of hydrogen-bond donors (Lipinski definition) is 3. The molecule has 0 aliphatic heterocycles. The number of guanidine groups is 1. The molecule has 0 saturated heterocycles. The molecule has 1 amide bonds. The Balaban J connectivity index is 0. The number of nitrogens with zero attached hydrogens (tertiary/aromatic N) is 1. The second-order valence-corrected chi connectivity index (χ2v) is 4.66. The highest BCUT2D eigenvalue weighted by Gasteiger charge is 2.05. The lowest BCUT2D eigenvalue weighted by atomic mass is 10.2. The van der Waals surface area contributed by atoms with E-state index < -0.39 is 0 Å². The maximum atomic E-state index is 11.3. The minimum atomic E-state index is 0. The second kappa shape index (κ2) is 12.5. The Morgan fingerprint density at radius 1 is 1.16 bits per heavy atom. The summed E-state index contributed by atoms with van der Waals surface area (Å²) in [7, 11) is 0. The number of hydrogen-bond acceptors (Lipinski definition) is 2. The number of nitrogens with one attached hydrogen (secondary N) is 3. The van der Waals surface area contributed by atoms with E-state index in [1.165, 1.54) is 0 Å². The Hall–Kier alpha value is -0.530. The molecule has 6 heteroatoms. The van der Waals surface area contributed by atoms with Gasteiger partial charge in [0.1, 0.15) is 0 Å². The molecule has 3 N–H and O–H groups in total. The molecule has 0 fully saturated rings. The highest BCUT2D eigenvalue weighted by Crippen LogP contribution is 1.90. The molecule has 0 bridgehead atoms. The predicted molar refractivity (Wildman–Crippen MR) is 92.1 cm³/mol. The van der Waals surface area contributed by atoms with Crippen molar-refractivity contribution >= 4 is 35.8 Å². The molecular weight excluding hydrogens is 355 g/mol. The fraction of sp³-hybridized carbons (Fsp3) is 0.846. The van der Waals surface area contributed by atoms with Crippen molar-refractivity contribution in [2.24, 2.45) is 10.9 Å². The van der Waals surface area contributed by atoms with Gasteiger partial charge in [-0.2, -0.15) is 0 Å². The van der Waals surface area contributed by atoms with Crippen LogP contribution in [0.4, 0.5) is 0 Å². The Morgan fingerprint density at radius 2 is 1.79 bits per heavy atom. The van der Waals surface area contributed by atoms with E-state index in [9.17, 15) is 4.79 Å². The maximum absolute atomic E-state index is 11.3. The Morgan fingerprint density at radius 3 is 2.26 bits per heavy atom. The smallest absolute Gasteiger partial charge is 0.222 e. The van der Waals surface area contributed by atoms with Gasteiger partial charge in [-0.1, -0.05) is 20.8 Å². The summed E-state index contributed by atoms with van der Waals surface area (Å²) < 4.78 is 0. The fourth-order valence-corrected chi connectivity index (χ4v) is 1.21. The van der Waals surface area contributed by atoms with Crippen LogP contribution in [0.25, 0.3) is 0 Å². The van der Waals surface area contributed by atoms with Gasteiger partial charge in [0.15, 0.2) is 5.96 Å². The van der Waals surface area contributed by atoms with E-state index >= 15 is 0 Å². The van der Waals surface area contributed by atoms with Gasteiger partial charge in [0.05, 0.1) is 6.54 Å². The Labute approximate surface area is 134 Å². The molecule has 0 aromatic heterocycles. The van der Waals surface area contributed by atoms with Crippen molar-refractivity contribution in [2.75, 3.05) is 19.6 Å². The van der Waals surface area contributed by atoms with Crippen molar-refractivity contribution in [3.8, 4) is 0 Å². The molecule has 5 nitrogen and oxygen atoms in total.